The van der Waals surface area contributed by atoms with Crippen molar-refractivity contribution in [3.05, 3.63) is 23.8 Å². The molecule has 2 atom stereocenters. The molecule has 1 heterocycles. The van der Waals surface area contributed by atoms with Crippen molar-refractivity contribution < 1.29 is 9.47 Å². The zero-order valence-corrected chi connectivity index (χ0v) is 10.4. The van der Waals surface area contributed by atoms with E-state index in [9.17, 15) is 0 Å². The van der Waals surface area contributed by atoms with Gasteiger partial charge in [-0.3, -0.25) is 0 Å². The van der Waals surface area contributed by atoms with Crippen LogP contribution in [0.2, 0.25) is 0 Å². The fraction of sp³-hybridized carbons (Fsp3) is 0.571. The molecule has 1 aromatic rings. The number of nitrogens with two attached hydrogens (primary N) is 1. The molecule has 0 radical (unpaired) electrons. The summed E-state index contributed by atoms with van der Waals surface area (Å²) < 4.78 is 11.2. The minimum absolute atomic E-state index is 0.318. The van der Waals surface area contributed by atoms with Gasteiger partial charge in [-0.2, -0.15) is 0 Å². The van der Waals surface area contributed by atoms with Crippen LogP contribution >= 0.6 is 0 Å². The first-order valence-corrected chi connectivity index (χ1v) is 6.24. The molecule has 1 saturated carbocycles. The SMILES string of the molecule is CC1(C)C(CN)C1c1ccc2c(c1)OCCO2. The Morgan fingerprint density at radius 1 is 1.24 bits per heavy atom. The molecule has 1 aliphatic heterocycles. The van der Waals surface area contributed by atoms with Crippen molar-refractivity contribution in [1.82, 2.24) is 0 Å². The van der Waals surface area contributed by atoms with Gasteiger partial charge in [0, 0.05) is 0 Å². The Labute approximate surface area is 102 Å². The lowest BCUT2D eigenvalue weighted by molar-refractivity contribution is 0.171. The average molecular weight is 233 g/mol. The number of benzene rings is 1. The molecule has 1 aromatic carbocycles. The van der Waals surface area contributed by atoms with Gasteiger partial charge < -0.3 is 15.2 Å². The highest BCUT2D eigenvalue weighted by molar-refractivity contribution is 5.47. The Balaban J connectivity index is 1.90. The molecule has 2 unspecified atom stereocenters. The standard InChI is InChI=1S/C14H19NO2/c1-14(2)10(8-15)13(14)9-3-4-11-12(7-9)17-6-5-16-11/h3-4,7,10,13H,5-6,8,15H2,1-2H3. The van der Waals surface area contributed by atoms with Crippen LogP contribution in [0.4, 0.5) is 0 Å². The smallest absolute Gasteiger partial charge is 0.161 e. The summed E-state index contributed by atoms with van der Waals surface area (Å²) in [5.41, 5.74) is 7.47. The maximum atomic E-state index is 5.82. The monoisotopic (exact) mass is 233 g/mol. The Morgan fingerprint density at radius 3 is 2.59 bits per heavy atom. The van der Waals surface area contributed by atoms with Crippen LogP contribution in [0.15, 0.2) is 18.2 Å². The lowest BCUT2D eigenvalue weighted by Gasteiger charge is -2.19. The molecule has 17 heavy (non-hydrogen) atoms. The van der Waals surface area contributed by atoms with Crippen molar-refractivity contribution in [2.45, 2.75) is 19.8 Å². The van der Waals surface area contributed by atoms with Gasteiger partial charge in [-0.25, -0.2) is 0 Å². The maximum absolute atomic E-state index is 5.82. The second kappa shape index (κ2) is 3.64. The summed E-state index contributed by atoms with van der Waals surface area (Å²) in [5, 5.41) is 0. The van der Waals surface area contributed by atoms with Crippen molar-refractivity contribution in [2.24, 2.45) is 17.1 Å². The first kappa shape index (κ1) is 10.9. The molecular weight excluding hydrogens is 214 g/mol. The van der Waals surface area contributed by atoms with Crippen molar-refractivity contribution >= 4 is 0 Å². The van der Waals surface area contributed by atoms with Gasteiger partial charge in [-0.1, -0.05) is 19.9 Å². The second-order valence-electron chi connectivity index (χ2n) is 5.54. The molecule has 0 spiro atoms. The molecule has 3 rings (SSSR count). The highest BCUT2D eigenvalue weighted by atomic mass is 16.6. The van der Waals surface area contributed by atoms with Crippen LogP contribution in [0.5, 0.6) is 11.5 Å². The van der Waals surface area contributed by atoms with E-state index >= 15 is 0 Å². The summed E-state index contributed by atoms with van der Waals surface area (Å²) in [6, 6.07) is 6.29. The zero-order valence-electron chi connectivity index (χ0n) is 10.4. The van der Waals surface area contributed by atoms with E-state index in [1.54, 1.807) is 0 Å². The lowest BCUT2D eigenvalue weighted by atomic mass is 10.0. The third-order valence-electron chi connectivity index (χ3n) is 4.23. The van der Waals surface area contributed by atoms with Crippen LogP contribution in [0.1, 0.15) is 25.3 Å². The van der Waals surface area contributed by atoms with Crippen molar-refractivity contribution in [3.63, 3.8) is 0 Å². The van der Waals surface area contributed by atoms with Gasteiger partial charge in [-0.15, -0.1) is 0 Å². The van der Waals surface area contributed by atoms with E-state index in [1.807, 2.05) is 6.07 Å². The van der Waals surface area contributed by atoms with E-state index in [2.05, 4.69) is 26.0 Å². The summed E-state index contributed by atoms with van der Waals surface area (Å²) in [6.45, 7) is 6.61. The van der Waals surface area contributed by atoms with Crippen LogP contribution in [0.25, 0.3) is 0 Å². The summed E-state index contributed by atoms with van der Waals surface area (Å²) >= 11 is 0. The predicted molar refractivity (Wildman–Crippen MR) is 66.5 cm³/mol. The van der Waals surface area contributed by atoms with E-state index in [1.165, 1.54) is 5.56 Å². The minimum atomic E-state index is 0.318. The Bertz CT molecular complexity index is 442. The fourth-order valence-corrected chi connectivity index (χ4v) is 3.10. The molecule has 92 valence electrons. The van der Waals surface area contributed by atoms with E-state index < -0.39 is 0 Å². The van der Waals surface area contributed by atoms with Gasteiger partial charge in [-0.05, 0) is 41.5 Å². The Morgan fingerprint density at radius 2 is 1.94 bits per heavy atom. The number of ether oxygens (including phenoxy) is 2. The molecular formula is C14H19NO2. The minimum Gasteiger partial charge on any atom is -0.486 e. The van der Waals surface area contributed by atoms with Crippen molar-refractivity contribution in [3.8, 4) is 11.5 Å². The van der Waals surface area contributed by atoms with Crippen molar-refractivity contribution in [2.75, 3.05) is 19.8 Å². The first-order valence-electron chi connectivity index (χ1n) is 6.24. The fourth-order valence-electron chi connectivity index (χ4n) is 3.10. The van der Waals surface area contributed by atoms with Gasteiger partial charge in [0.15, 0.2) is 11.5 Å². The summed E-state index contributed by atoms with van der Waals surface area (Å²) in [4.78, 5) is 0. The maximum Gasteiger partial charge on any atom is 0.161 e. The third-order valence-corrected chi connectivity index (χ3v) is 4.23. The molecule has 3 nitrogen and oxygen atoms in total. The van der Waals surface area contributed by atoms with Gasteiger partial charge in [0.05, 0.1) is 0 Å². The average Bonchev–Trinajstić information content (AvgIpc) is 2.90. The highest BCUT2D eigenvalue weighted by Gasteiger charge is 2.57. The van der Waals surface area contributed by atoms with Crippen LogP contribution in [0.3, 0.4) is 0 Å². The van der Waals surface area contributed by atoms with E-state index in [0.717, 1.165) is 18.0 Å². The van der Waals surface area contributed by atoms with Gasteiger partial charge >= 0.3 is 0 Å². The molecule has 2 aliphatic rings. The molecule has 2 N–H and O–H groups in total. The van der Waals surface area contributed by atoms with Gasteiger partial charge in [0.2, 0.25) is 0 Å². The molecule has 1 fully saturated rings. The zero-order chi connectivity index (χ0) is 12.0. The van der Waals surface area contributed by atoms with Gasteiger partial charge in [0.25, 0.3) is 0 Å². The van der Waals surface area contributed by atoms with Crippen molar-refractivity contribution in [1.29, 1.82) is 0 Å². The van der Waals surface area contributed by atoms with Gasteiger partial charge in [0.1, 0.15) is 13.2 Å². The number of hydrogen-bond donors (Lipinski definition) is 1. The van der Waals surface area contributed by atoms with E-state index in [4.69, 9.17) is 15.2 Å². The number of hydrogen-bond acceptors (Lipinski definition) is 3. The summed E-state index contributed by atoms with van der Waals surface area (Å²) in [7, 11) is 0. The normalized spacial score (nSPS) is 28.9. The van der Waals surface area contributed by atoms with Crippen LogP contribution in [-0.2, 0) is 0 Å². The van der Waals surface area contributed by atoms with Crippen LogP contribution in [0, 0.1) is 11.3 Å². The lowest BCUT2D eigenvalue weighted by Crippen LogP contribution is -2.15. The molecule has 3 heteroatoms. The highest BCUT2D eigenvalue weighted by Crippen LogP contribution is 2.64. The molecule has 0 amide bonds. The topological polar surface area (TPSA) is 44.5 Å². The second-order valence-corrected chi connectivity index (χ2v) is 5.54. The molecule has 1 aliphatic carbocycles. The van der Waals surface area contributed by atoms with Crippen LogP contribution < -0.4 is 15.2 Å². The molecule has 0 aromatic heterocycles. The summed E-state index contributed by atoms with van der Waals surface area (Å²) in [6.07, 6.45) is 0. The molecule has 0 saturated heterocycles. The Hall–Kier alpha value is -1.22. The third kappa shape index (κ3) is 1.61. The largest absolute Gasteiger partial charge is 0.486 e. The predicted octanol–water partition coefficient (Wildman–Crippen LogP) is 2.16. The van der Waals surface area contributed by atoms with Crippen LogP contribution in [-0.4, -0.2) is 19.8 Å². The number of rotatable bonds is 2. The summed E-state index contributed by atoms with van der Waals surface area (Å²) in [5.74, 6) is 2.89. The quantitative estimate of drug-likeness (QED) is 0.851. The number of fused-ring (bicyclic) bond motifs is 1. The van der Waals surface area contributed by atoms with E-state index in [0.29, 0.717) is 30.5 Å². The van der Waals surface area contributed by atoms with E-state index in [-0.39, 0.29) is 0 Å². The molecule has 0 bridgehead atoms. The first-order chi connectivity index (χ1) is 8.14. The Kier molecular flexibility index (Phi) is 2.33.